The average Bonchev–Trinajstić information content (AvgIpc) is 2.62. The highest BCUT2D eigenvalue weighted by Gasteiger charge is 2.29. The van der Waals surface area contributed by atoms with Gasteiger partial charge in [0, 0.05) is 11.3 Å². The van der Waals surface area contributed by atoms with Gasteiger partial charge in [-0.2, -0.15) is 0 Å². The Morgan fingerprint density at radius 2 is 2.12 bits per heavy atom. The number of benzene rings is 2. The van der Waals surface area contributed by atoms with Gasteiger partial charge in [0.25, 0.3) is 5.69 Å². The molecule has 0 unspecified atom stereocenters. The van der Waals surface area contributed by atoms with Crippen molar-refractivity contribution in [1.82, 2.24) is 0 Å². The molecule has 3 rings (SSSR count). The molecule has 2 N–H and O–H groups in total. The summed E-state index contributed by atoms with van der Waals surface area (Å²) in [6, 6.07) is 11.5. The molecule has 9 heteroatoms. The fourth-order valence-electron chi connectivity index (χ4n) is 2.49. The van der Waals surface area contributed by atoms with Gasteiger partial charge in [-0.3, -0.25) is 19.7 Å². The molecule has 0 fully saturated rings. The minimum Gasteiger partial charge on any atom is -0.496 e. The lowest BCUT2D eigenvalue weighted by Crippen LogP contribution is -2.32. The number of hydrogen-bond donors (Lipinski definition) is 2. The number of anilines is 2. The Labute approximate surface area is 153 Å². The van der Waals surface area contributed by atoms with E-state index in [4.69, 9.17) is 4.74 Å². The van der Waals surface area contributed by atoms with Gasteiger partial charge in [0.2, 0.25) is 11.8 Å². The zero-order valence-corrected chi connectivity index (χ0v) is 14.5. The van der Waals surface area contributed by atoms with Crippen LogP contribution in [0.1, 0.15) is 6.42 Å². The van der Waals surface area contributed by atoms with E-state index >= 15 is 0 Å². The second-order valence-corrected chi connectivity index (χ2v) is 6.73. The number of nitrogens with one attached hydrogen (secondary N) is 2. The molecule has 8 nitrogen and oxygen atoms in total. The smallest absolute Gasteiger partial charge is 0.296 e. The molecule has 0 aromatic heterocycles. The summed E-state index contributed by atoms with van der Waals surface area (Å²) in [4.78, 5) is 35.9. The van der Waals surface area contributed by atoms with Gasteiger partial charge >= 0.3 is 0 Å². The average molecular weight is 373 g/mol. The lowest BCUT2D eigenvalue weighted by molar-refractivity contribution is -0.384. The maximum atomic E-state index is 12.3. The number of methoxy groups -OCH3 is 1. The third-order valence-corrected chi connectivity index (χ3v) is 5.03. The van der Waals surface area contributed by atoms with E-state index in [1.807, 2.05) is 18.2 Å². The number of ether oxygens (including phenoxy) is 1. The molecule has 0 bridgehead atoms. The summed E-state index contributed by atoms with van der Waals surface area (Å²) in [6.45, 7) is 0. The van der Waals surface area contributed by atoms with Crippen LogP contribution in [0.15, 0.2) is 47.4 Å². The van der Waals surface area contributed by atoms with Crippen LogP contribution in [-0.2, 0) is 9.59 Å². The van der Waals surface area contributed by atoms with E-state index in [2.05, 4.69) is 10.6 Å². The van der Waals surface area contributed by atoms with Gasteiger partial charge < -0.3 is 15.4 Å². The minimum atomic E-state index is -0.609. The van der Waals surface area contributed by atoms with Crippen molar-refractivity contribution in [3.05, 3.63) is 52.6 Å². The molecule has 1 atom stereocenters. The summed E-state index contributed by atoms with van der Waals surface area (Å²) in [5, 5.41) is 15.8. The van der Waals surface area contributed by atoms with Gasteiger partial charge in [0.1, 0.15) is 11.4 Å². The molecule has 0 spiro atoms. The van der Waals surface area contributed by atoms with Crippen molar-refractivity contribution in [2.75, 3.05) is 17.7 Å². The first kappa shape index (κ1) is 17.7. The Morgan fingerprint density at radius 3 is 2.85 bits per heavy atom. The third-order valence-electron chi connectivity index (χ3n) is 3.75. The van der Waals surface area contributed by atoms with Crippen molar-refractivity contribution in [2.45, 2.75) is 16.6 Å². The molecule has 1 aliphatic rings. The number of amides is 2. The Balaban J connectivity index is 1.72. The Kier molecular flexibility index (Phi) is 5.08. The standard InChI is InChI=1S/C17H15N3O5S/c1-25-10-6-7-11(13(8-10)20(23)24)18-16(21)9-15-17(22)19-12-4-2-3-5-14(12)26-15/h2-8,15H,9H2,1H3,(H,18,21)(H,19,22)/t15-/m0/s1. The summed E-state index contributed by atoms with van der Waals surface area (Å²) in [6.07, 6.45) is -0.103. The van der Waals surface area contributed by atoms with Crippen molar-refractivity contribution < 1.29 is 19.2 Å². The van der Waals surface area contributed by atoms with Crippen LogP contribution in [0.5, 0.6) is 5.75 Å². The lowest BCUT2D eigenvalue weighted by atomic mass is 10.2. The second-order valence-electron chi connectivity index (χ2n) is 5.48. The predicted molar refractivity (Wildman–Crippen MR) is 97.6 cm³/mol. The van der Waals surface area contributed by atoms with Crippen LogP contribution in [0.4, 0.5) is 17.1 Å². The van der Waals surface area contributed by atoms with E-state index in [9.17, 15) is 19.7 Å². The topological polar surface area (TPSA) is 111 Å². The van der Waals surface area contributed by atoms with Crippen LogP contribution in [0.25, 0.3) is 0 Å². The third kappa shape index (κ3) is 3.77. The van der Waals surface area contributed by atoms with Crippen LogP contribution in [0.3, 0.4) is 0 Å². The molecule has 0 aliphatic carbocycles. The summed E-state index contributed by atoms with van der Waals surface area (Å²) in [7, 11) is 1.40. The number of nitrogens with zero attached hydrogens (tertiary/aromatic N) is 1. The Hall–Kier alpha value is -3.07. The van der Waals surface area contributed by atoms with Crippen LogP contribution in [0.2, 0.25) is 0 Å². The highest BCUT2D eigenvalue weighted by atomic mass is 32.2. The summed E-state index contributed by atoms with van der Waals surface area (Å²) in [5.74, 6) is -0.438. The molecule has 0 radical (unpaired) electrons. The second kappa shape index (κ2) is 7.44. The van der Waals surface area contributed by atoms with E-state index in [0.717, 1.165) is 4.90 Å². The number of fused-ring (bicyclic) bond motifs is 1. The highest BCUT2D eigenvalue weighted by Crippen LogP contribution is 2.37. The number of thioether (sulfide) groups is 1. The van der Waals surface area contributed by atoms with Gasteiger partial charge in [-0.05, 0) is 24.3 Å². The van der Waals surface area contributed by atoms with E-state index in [1.54, 1.807) is 6.07 Å². The molecule has 1 heterocycles. The molecule has 26 heavy (non-hydrogen) atoms. The van der Waals surface area contributed by atoms with Crippen LogP contribution in [0, 0.1) is 10.1 Å². The fraction of sp³-hybridized carbons (Fsp3) is 0.176. The predicted octanol–water partition coefficient (Wildman–Crippen LogP) is 3.05. The minimum absolute atomic E-state index is 0.0578. The van der Waals surface area contributed by atoms with Crippen molar-refractivity contribution >= 4 is 40.6 Å². The largest absolute Gasteiger partial charge is 0.496 e. The number of carbonyl (C=O) groups is 2. The van der Waals surface area contributed by atoms with E-state index < -0.39 is 16.1 Å². The van der Waals surface area contributed by atoms with Crippen molar-refractivity contribution in [1.29, 1.82) is 0 Å². The fourth-order valence-corrected chi connectivity index (χ4v) is 3.60. The van der Waals surface area contributed by atoms with Crippen LogP contribution < -0.4 is 15.4 Å². The van der Waals surface area contributed by atoms with Crippen LogP contribution >= 0.6 is 11.8 Å². The molecule has 2 aromatic carbocycles. The molecule has 2 amide bonds. The van der Waals surface area contributed by atoms with E-state index in [1.165, 1.54) is 37.1 Å². The van der Waals surface area contributed by atoms with Crippen molar-refractivity contribution in [3.8, 4) is 5.75 Å². The van der Waals surface area contributed by atoms with E-state index in [0.29, 0.717) is 11.4 Å². The zero-order valence-electron chi connectivity index (χ0n) is 13.7. The van der Waals surface area contributed by atoms with Gasteiger partial charge in [-0.1, -0.05) is 12.1 Å². The molecule has 134 valence electrons. The highest BCUT2D eigenvalue weighted by molar-refractivity contribution is 8.01. The van der Waals surface area contributed by atoms with Crippen molar-refractivity contribution in [2.24, 2.45) is 0 Å². The van der Waals surface area contributed by atoms with Gasteiger partial charge in [0.15, 0.2) is 0 Å². The van der Waals surface area contributed by atoms with E-state index in [-0.39, 0.29) is 23.7 Å². The first-order chi connectivity index (χ1) is 12.5. The first-order valence-corrected chi connectivity index (χ1v) is 8.54. The van der Waals surface area contributed by atoms with Crippen molar-refractivity contribution in [3.63, 3.8) is 0 Å². The molecular formula is C17H15N3O5S. The number of nitro groups is 1. The maximum absolute atomic E-state index is 12.3. The summed E-state index contributed by atoms with van der Waals surface area (Å²) in [5.41, 5.74) is 0.496. The first-order valence-electron chi connectivity index (χ1n) is 7.67. The molecule has 0 saturated heterocycles. The summed E-state index contributed by atoms with van der Waals surface area (Å²) >= 11 is 1.29. The van der Waals surface area contributed by atoms with Gasteiger partial charge in [-0.25, -0.2) is 0 Å². The quantitative estimate of drug-likeness (QED) is 0.616. The number of para-hydroxylation sites is 1. The summed E-state index contributed by atoms with van der Waals surface area (Å²) < 4.78 is 4.96. The molecular weight excluding hydrogens is 358 g/mol. The molecule has 0 saturated carbocycles. The Morgan fingerprint density at radius 1 is 1.35 bits per heavy atom. The number of hydrogen-bond acceptors (Lipinski definition) is 6. The van der Waals surface area contributed by atoms with Gasteiger partial charge in [-0.15, -0.1) is 11.8 Å². The van der Waals surface area contributed by atoms with Gasteiger partial charge in [0.05, 0.1) is 29.0 Å². The SMILES string of the molecule is COc1ccc(NC(=O)C[C@@H]2Sc3ccccc3NC2=O)c([N+](=O)[O-])c1. The molecule has 2 aromatic rings. The molecule has 1 aliphatic heterocycles. The Bertz CT molecular complexity index is 886. The zero-order chi connectivity index (χ0) is 18.7. The lowest BCUT2D eigenvalue weighted by Gasteiger charge is -2.23. The normalized spacial score (nSPS) is 15.6. The number of carbonyl (C=O) groups excluding carboxylic acids is 2. The number of nitro benzene ring substituents is 1. The van der Waals surface area contributed by atoms with Crippen LogP contribution in [-0.4, -0.2) is 29.1 Å². The number of rotatable bonds is 5. The maximum Gasteiger partial charge on any atom is 0.296 e. The monoisotopic (exact) mass is 373 g/mol.